The van der Waals surface area contributed by atoms with E-state index in [4.69, 9.17) is 0 Å². The molecule has 0 fully saturated rings. The Labute approximate surface area is 189 Å². The summed E-state index contributed by atoms with van der Waals surface area (Å²) < 4.78 is 1.77. The Morgan fingerprint density at radius 3 is 2.36 bits per heavy atom. The fraction of sp³-hybridized carbons (Fsp3) is 0.120. The van der Waals surface area contributed by atoms with Crippen LogP contribution in [0.4, 0.5) is 11.4 Å². The van der Waals surface area contributed by atoms with Crippen LogP contribution in [-0.2, 0) is 4.79 Å². The quantitative estimate of drug-likeness (QED) is 0.356. The van der Waals surface area contributed by atoms with Gasteiger partial charge in [-0.2, -0.15) is 5.10 Å². The van der Waals surface area contributed by atoms with E-state index in [1.54, 1.807) is 35.0 Å². The van der Waals surface area contributed by atoms with Crippen molar-refractivity contribution in [3.63, 3.8) is 0 Å². The molecule has 3 aromatic carbocycles. The third kappa shape index (κ3) is 4.31. The maximum atomic E-state index is 13.2. The van der Waals surface area contributed by atoms with E-state index in [-0.39, 0.29) is 23.0 Å². The lowest BCUT2D eigenvalue weighted by Crippen LogP contribution is -2.16. The zero-order chi connectivity index (χ0) is 23.5. The molecule has 166 valence electrons. The van der Waals surface area contributed by atoms with E-state index >= 15 is 0 Å². The normalized spacial score (nSPS) is 10.9. The molecule has 0 unspecified atom stereocenters. The molecule has 0 saturated heterocycles. The minimum absolute atomic E-state index is 0.00293. The first-order valence-corrected chi connectivity index (χ1v) is 10.4. The van der Waals surface area contributed by atoms with Gasteiger partial charge in [-0.25, -0.2) is 4.79 Å². The maximum Gasteiger partial charge on any atom is 0.337 e. The second-order valence-electron chi connectivity index (χ2n) is 7.76. The third-order valence-corrected chi connectivity index (χ3v) is 5.26. The monoisotopic (exact) mass is 442 g/mol. The van der Waals surface area contributed by atoms with Crippen LogP contribution in [0.3, 0.4) is 0 Å². The van der Waals surface area contributed by atoms with Gasteiger partial charge in [0.1, 0.15) is 0 Å². The molecule has 0 aliphatic rings. The SMILES string of the molecule is CC(C)n1nc(C(=O)Nc2ccccc2C(=O)O)c2cc(-c3ccc(NC=O)cc3)ccc21. The van der Waals surface area contributed by atoms with Crippen molar-refractivity contribution in [3.05, 3.63) is 78.0 Å². The van der Waals surface area contributed by atoms with Gasteiger partial charge in [-0.3, -0.25) is 14.3 Å². The summed E-state index contributed by atoms with van der Waals surface area (Å²) in [4.78, 5) is 35.3. The van der Waals surface area contributed by atoms with Crippen LogP contribution < -0.4 is 10.6 Å². The highest BCUT2D eigenvalue weighted by Crippen LogP contribution is 2.29. The molecular weight excluding hydrogens is 420 g/mol. The highest BCUT2D eigenvalue weighted by molar-refractivity contribution is 6.13. The standard InChI is InChI=1S/C25H22N4O4/c1-15(2)29-22-12-9-17(16-7-10-18(11-8-16)26-14-30)13-20(22)23(28-29)24(31)27-21-6-4-3-5-19(21)25(32)33/h3-15H,1-2H3,(H,26,30)(H,27,31)(H,32,33). The van der Waals surface area contributed by atoms with E-state index in [0.29, 0.717) is 17.5 Å². The van der Waals surface area contributed by atoms with Crippen molar-refractivity contribution in [2.75, 3.05) is 10.6 Å². The first-order valence-electron chi connectivity index (χ1n) is 10.4. The molecule has 0 saturated carbocycles. The number of fused-ring (bicyclic) bond motifs is 1. The van der Waals surface area contributed by atoms with Crippen molar-refractivity contribution < 1.29 is 19.5 Å². The zero-order valence-corrected chi connectivity index (χ0v) is 18.1. The van der Waals surface area contributed by atoms with Crippen LogP contribution in [0.15, 0.2) is 66.7 Å². The number of carbonyl (C=O) groups excluding carboxylic acids is 2. The van der Waals surface area contributed by atoms with Crippen LogP contribution in [0.5, 0.6) is 0 Å². The third-order valence-electron chi connectivity index (χ3n) is 5.26. The summed E-state index contributed by atoms with van der Waals surface area (Å²) in [7, 11) is 0. The molecule has 0 aliphatic heterocycles. The minimum Gasteiger partial charge on any atom is -0.478 e. The van der Waals surface area contributed by atoms with E-state index in [1.807, 2.05) is 44.2 Å². The van der Waals surface area contributed by atoms with Crippen molar-refractivity contribution in [1.82, 2.24) is 9.78 Å². The Morgan fingerprint density at radius 2 is 1.70 bits per heavy atom. The van der Waals surface area contributed by atoms with Gasteiger partial charge in [0.2, 0.25) is 6.41 Å². The number of hydrogen-bond acceptors (Lipinski definition) is 4. The molecule has 3 N–H and O–H groups in total. The van der Waals surface area contributed by atoms with Crippen molar-refractivity contribution in [2.45, 2.75) is 19.9 Å². The van der Waals surface area contributed by atoms with E-state index in [9.17, 15) is 19.5 Å². The summed E-state index contributed by atoms with van der Waals surface area (Å²) >= 11 is 0. The van der Waals surface area contributed by atoms with Gasteiger partial charge in [0.05, 0.1) is 16.8 Å². The molecule has 4 aromatic rings. The highest BCUT2D eigenvalue weighted by atomic mass is 16.4. The number of nitrogens with one attached hydrogen (secondary N) is 2. The Balaban J connectivity index is 1.77. The van der Waals surface area contributed by atoms with E-state index in [1.165, 1.54) is 6.07 Å². The number of carbonyl (C=O) groups is 3. The molecule has 0 aliphatic carbocycles. The fourth-order valence-corrected chi connectivity index (χ4v) is 3.67. The fourth-order valence-electron chi connectivity index (χ4n) is 3.67. The summed E-state index contributed by atoms with van der Waals surface area (Å²) in [6, 6.07) is 19.4. The van der Waals surface area contributed by atoms with Gasteiger partial charge in [0, 0.05) is 17.1 Å². The number of anilines is 2. The number of carboxylic acid groups (broad SMARTS) is 1. The number of aromatic nitrogens is 2. The number of benzene rings is 3. The van der Waals surface area contributed by atoms with Crippen molar-refractivity contribution in [2.24, 2.45) is 0 Å². The van der Waals surface area contributed by atoms with Gasteiger partial charge < -0.3 is 15.7 Å². The minimum atomic E-state index is -1.13. The lowest BCUT2D eigenvalue weighted by atomic mass is 10.0. The van der Waals surface area contributed by atoms with Crippen LogP contribution in [0.2, 0.25) is 0 Å². The largest absolute Gasteiger partial charge is 0.478 e. The lowest BCUT2D eigenvalue weighted by Gasteiger charge is -2.08. The van der Waals surface area contributed by atoms with Gasteiger partial charge >= 0.3 is 5.97 Å². The first kappa shape index (κ1) is 21.8. The number of carboxylic acids is 1. The molecule has 0 radical (unpaired) electrons. The number of para-hydroxylation sites is 1. The molecule has 8 heteroatoms. The lowest BCUT2D eigenvalue weighted by molar-refractivity contribution is -0.105. The van der Waals surface area contributed by atoms with Gasteiger partial charge in [0.25, 0.3) is 5.91 Å². The van der Waals surface area contributed by atoms with E-state index in [2.05, 4.69) is 15.7 Å². The molecule has 0 bridgehead atoms. The van der Waals surface area contributed by atoms with Gasteiger partial charge in [0.15, 0.2) is 5.69 Å². The molecule has 2 amide bonds. The zero-order valence-electron chi connectivity index (χ0n) is 18.1. The molecule has 8 nitrogen and oxygen atoms in total. The molecule has 0 atom stereocenters. The Morgan fingerprint density at radius 1 is 1.00 bits per heavy atom. The van der Waals surface area contributed by atoms with Crippen LogP contribution in [0.25, 0.3) is 22.0 Å². The molecule has 33 heavy (non-hydrogen) atoms. The van der Waals surface area contributed by atoms with E-state index < -0.39 is 11.9 Å². The van der Waals surface area contributed by atoms with Crippen LogP contribution in [-0.4, -0.2) is 33.2 Å². The average Bonchev–Trinajstić information content (AvgIpc) is 3.19. The number of rotatable bonds is 7. The number of amides is 2. The summed E-state index contributed by atoms with van der Waals surface area (Å²) in [6.07, 6.45) is 0.620. The second-order valence-corrected chi connectivity index (χ2v) is 7.76. The molecule has 4 rings (SSSR count). The van der Waals surface area contributed by atoms with Gasteiger partial charge in [-0.15, -0.1) is 0 Å². The maximum absolute atomic E-state index is 13.2. The van der Waals surface area contributed by atoms with Crippen molar-refractivity contribution in [1.29, 1.82) is 0 Å². The first-order chi connectivity index (χ1) is 15.9. The summed E-state index contributed by atoms with van der Waals surface area (Å²) in [5.41, 5.74) is 3.68. The van der Waals surface area contributed by atoms with Crippen molar-refractivity contribution in [3.8, 4) is 11.1 Å². The van der Waals surface area contributed by atoms with Crippen molar-refractivity contribution >= 4 is 40.6 Å². The molecule has 0 spiro atoms. The van der Waals surface area contributed by atoms with Gasteiger partial charge in [-0.1, -0.05) is 30.3 Å². The summed E-state index contributed by atoms with van der Waals surface area (Å²) in [5, 5.41) is 19.9. The second kappa shape index (κ2) is 8.96. The predicted octanol–water partition coefficient (Wildman–Crippen LogP) is 4.80. The summed E-state index contributed by atoms with van der Waals surface area (Å²) in [5.74, 6) is -1.62. The summed E-state index contributed by atoms with van der Waals surface area (Å²) in [6.45, 7) is 3.95. The predicted molar refractivity (Wildman–Crippen MR) is 127 cm³/mol. The Hall–Kier alpha value is -4.46. The smallest absolute Gasteiger partial charge is 0.337 e. The molecular formula is C25H22N4O4. The van der Waals surface area contributed by atoms with Crippen LogP contribution >= 0.6 is 0 Å². The molecule has 1 aromatic heterocycles. The van der Waals surface area contributed by atoms with Crippen LogP contribution in [0, 0.1) is 0 Å². The van der Waals surface area contributed by atoms with E-state index in [0.717, 1.165) is 16.6 Å². The molecule has 1 heterocycles. The number of aromatic carboxylic acids is 1. The topological polar surface area (TPSA) is 113 Å². The highest BCUT2D eigenvalue weighted by Gasteiger charge is 2.21. The number of nitrogens with zero attached hydrogens (tertiary/aromatic N) is 2. The Bertz CT molecular complexity index is 1360. The van der Waals surface area contributed by atoms with Gasteiger partial charge in [-0.05, 0) is 61.4 Å². The number of hydrogen-bond donors (Lipinski definition) is 3. The average molecular weight is 442 g/mol. The Kier molecular flexibility index (Phi) is 5.91. The van der Waals surface area contributed by atoms with Crippen LogP contribution in [0.1, 0.15) is 40.7 Å².